The fourth-order valence-corrected chi connectivity index (χ4v) is 3.26. The molecular formula is C19H19NO4. The van der Waals surface area contributed by atoms with Crippen LogP contribution in [0.15, 0.2) is 30.3 Å². The minimum Gasteiger partial charge on any atom is -0.493 e. The van der Waals surface area contributed by atoms with Crippen LogP contribution >= 0.6 is 0 Å². The standard InChI is InChI=1S/C19H19NO4/c1-22-16-10-14(11-17-18(16)24-8-7-23-17)19(21)20-15-6-5-12-3-2-4-13(12)9-15/h5-6,9-11H,2-4,7-8H2,1H3,(H,20,21). The Morgan fingerprint density at radius 3 is 2.79 bits per heavy atom. The monoisotopic (exact) mass is 325 g/mol. The number of ether oxygens (including phenoxy) is 3. The summed E-state index contributed by atoms with van der Waals surface area (Å²) in [6.07, 6.45) is 3.39. The van der Waals surface area contributed by atoms with Gasteiger partial charge in [0.1, 0.15) is 13.2 Å². The number of amides is 1. The van der Waals surface area contributed by atoms with E-state index in [1.807, 2.05) is 6.07 Å². The van der Waals surface area contributed by atoms with Crippen LogP contribution in [0.25, 0.3) is 0 Å². The molecule has 2 aliphatic rings. The Balaban J connectivity index is 1.60. The Bertz CT molecular complexity index is 783. The molecule has 0 atom stereocenters. The molecule has 1 N–H and O–H groups in total. The van der Waals surface area contributed by atoms with E-state index in [2.05, 4.69) is 17.4 Å². The first-order valence-corrected chi connectivity index (χ1v) is 8.15. The van der Waals surface area contributed by atoms with Gasteiger partial charge in [-0.3, -0.25) is 4.79 Å². The number of nitrogens with one attached hydrogen (secondary N) is 1. The van der Waals surface area contributed by atoms with Crippen LogP contribution in [0.4, 0.5) is 5.69 Å². The molecule has 0 saturated carbocycles. The zero-order valence-corrected chi connectivity index (χ0v) is 13.6. The van der Waals surface area contributed by atoms with E-state index in [-0.39, 0.29) is 5.91 Å². The number of benzene rings is 2. The second-order valence-corrected chi connectivity index (χ2v) is 5.99. The molecule has 124 valence electrons. The van der Waals surface area contributed by atoms with Crippen LogP contribution in [0.5, 0.6) is 17.2 Å². The van der Waals surface area contributed by atoms with Crippen LogP contribution in [0, 0.1) is 0 Å². The van der Waals surface area contributed by atoms with Gasteiger partial charge in [0.25, 0.3) is 5.91 Å². The SMILES string of the molecule is COc1cc(C(=O)Nc2ccc3c(c2)CCC3)cc2c1OCCO2. The van der Waals surface area contributed by atoms with Crippen LogP contribution < -0.4 is 19.5 Å². The largest absolute Gasteiger partial charge is 0.493 e. The number of hydrogen-bond acceptors (Lipinski definition) is 4. The average Bonchev–Trinajstić information content (AvgIpc) is 3.08. The zero-order valence-electron chi connectivity index (χ0n) is 13.6. The molecule has 5 heteroatoms. The van der Waals surface area contributed by atoms with Gasteiger partial charge in [-0.25, -0.2) is 0 Å². The van der Waals surface area contributed by atoms with Crippen molar-refractivity contribution in [2.75, 3.05) is 25.6 Å². The summed E-state index contributed by atoms with van der Waals surface area (Å²) in [5.74, 6) is 1.41. The summed E-state index contributed by atoms with van der Waals surface area (Å²) in [6.45, 7) is 0.941. The molecule has 2 aromatic rings. The summed E-state index contributed by atoms with van der Waals surface area (Å²) in [5, 5.41) is 2.96. The van der Waals surface area contributed by atoms with E-state index in [1.54, 1.807) is 19.2 Å². The zero-order chi connectivity index (χ0) is 16.5. The molecule has 1 amide bonds. The molecule has 1 aliphatic carbocycles. The first-order chi connectivity index (χ1) is 11.7. The number of rotatable bonds is 3. The van der Waals surface area contributed by atoms with Gasteiger partial charge >= 0.3 is 0 Å². The predicted octanol–water partition coefficient (Wildman–Crippen LogP) is 3.21. The van der Waals surface area contributed by atoms with E-state index in [4.69, 9.17) is 14.2 Å². The van der Waals surface area contributed by atoms with Crippen molar-refractivity contribution in [3.63, 3.8) is 0 Å². The summed E-state index contributed by atoms with van der Waals surface area (Å²) in [6, 6.07) is 9.49. The summed E-state index contributed by atoms with van der Waals surface area (Å²) in [5.41, 5.74) is 4.01. The highest BCUT2D eigenvalue weighted by molar-refractivity contribution is 6.05. The van der Waals surface area contributed by atoms with Crippen molar-refractivity contribution < 1.29 is 19.0 Å². The summed E-state index contributed by atoms with van der Waals surface area (Å²) in [4.78, 5) is 12.6. The second kappa shape index (κ2) is 6.07. The highest BCUT2D eigenvalue weighted by atomic mass is 16.6. The summed E-state index contributed by atoms with van der Waals surface area (Å²) in [7, 11) is 1.55. The van der Waals surface area contributed by atoms with E-state index in [9.17, 15) is 4.79 Å². The van der Waals surface area contributed by atoms with Crippen molar-refractivity contribution in [1.29, 1.82) is 0 Å². The first-order valence-electron chi connectivity index (χ1n) is 8.15. The maximum Gasteiger partial charge on any atom is 0.255 e. The van der Waals surface area contributed by atoms with Crippen LogP contribution in [0.3, 0.4) is 0 Å². The van der Waals surface area contributed by atoms with Gasteiger partial charge in [-0.15, -0.1) is 0 Å². The first kappa shape index (κ1) is 14.9. The fourth-order valence-electron chi connectivity index (χ4n) is 3.26. The smallest absolute Gasteiger partial charge is 0.255 e. The minimum atomic E-state index is -0.191. The van der Waals surface area contributed by atoms with Crippen molar-refractivity contribution in [3.8, 4) is 17.2 Å². The lowest BCUT2D eigenvalue weighted by Gasteiger charge is -2.21. The Kier molecular flexibility index (Phi) is 3.76. The van der Waals surface area contributed by atoms with Gasteiger partial charge in [-0.1, -0.05) is 6.07 Å². The quantitative estimate of drug-likeness (QED) is 0.941. The van der Waals surface area contributed by atoms with Crippen LogP contribution in [-0.4, -0.2) is 26.2 Å². The van der Waals surface area contributed by atoms with Crippen LogP contribution in [0.1, 0.15) is 27.9 Å². The normalized spacial score (nSPS) is 14.9. The molecule has 1 aliphatic heterocycles. The maximum atomic E-state index is 12.6. The molecule has 5 nitrogen and oxygen atoms in total. The average molecular weight is 325 g/mol. The number of methoxy groups -OCH3 is 1. The Morgan fingerprint density at radius 1 is 1.08 bits per heavy atom. The third-order valence-electron chi connectivity index (χ3n) is 4.45. The lowest BCUT2D eigenvalue weighted by molar-refractivity contribution is 0.102. The third kappa shape index (κ3) is 2.66. The number of carbonyl (C=O) groups is 1. The van der Waals surface area contributed by atoms with Crippen molar-refractivity contribution >= 4 is 11.6 Å². The summed E-state index contributed by atoms with van der Waals surface area (Å²) < 4.78 is 16.5. The maximum absolute atomic E-state index is 12.6. The van der Waals surface area contributed by atoms with Gasteiger partial charge < -0.3 is 19.5 Å². The van der Waals surface area contributed by atoms with Crippen molar-refractivity contribution in [1.82, 2.24) is 0 Å². The van der Waals surface area contributed by atoms with Gasteiger partial charge in [0.15, 0.2) is 11.5 Å². The Hall–Kier alpha value is -2.69. The van der Waals surface area contributed by atoms with Gasteiger partial charge in [0, 0.05) is 11.3 Å². The highest BCUT2D eigenvalue weighted by Gasteiger charge is 2.21. The molecule has 0 radical (unpaired) electrons. The van der Waals surface area contributed by atoms with Crippen molar-refractivity contribution in [3.05, 3.63) is 47.0 Å². The second-order valence-electron chi connectivity index (χ2n) is 5.99. The van der Waals surface area contributed by atoms with Gasteiger partial charge in [0.05, 0.1) is 7.11 Å². The molecule has 0 unspecified atom stereocenters. The molecule has 1 heterocycles. The molecule has 0 bridgehead atoms. The molecule has 2 aromatic carbocycles. The van der Waals surface area contributed by atoms with E-state index in [1.165, 1.54) is 17.5 Å². The number of fused-ring (bicyclic) bond motifs is 2. The predicted molar refractivity (Wildman–Crippen MR) is 90.4 cm³/mol. The molecule has 0 aromatic heterocycles. The lowest BCUT2D eigenvalue weighted by Crippen LogP contribution is -2.18. The number of hydrogen-bond donors (Lipinski definition) is 1. The highest BCUT2D eigenvalue weighted by Crippen LogP contribution is 2.40. The summed E-state index contributed by atoms with van der Waals surface area (Å²) >= 11 is 0. The van der Waals surface area contributed by atoms with E-state index in [0.717, 1.165) is 18.5 Å². The molecular weight excluding hydrogens is 306 g/mol. The third-order valence-corrected chi connectivity index (χ3v) is 4.45. The lowest BCUT2D eigenvalue weighted by atomic mass is 10.1. The van der Waals surface area contributed by atoms with Crippen molar-refractivity contribution in [2.45, 2.75) is 19.3 Å². The number of anilines is 1. The van der Waals surface area contributed by atoms with E-state index in [0.29, 0.717) is 36.0 Å². The topological polar surface area (TPSA) is 56.8 Å². The molecule has 0 spiro atoms. The van der Waals surface area contributed by atoms with Crippen LogP contribution in [0.2, 0.25) is 0 Å². The molecule has 0 fully saturated rings. The molecule has 24 heavy (non-hydrogen) atoms. The van der Waals surface area contributed by atoms with E-state index < -0.39 is 0 Å². The van der Waals surface area contributed by atoms with Gasteiger partial charge in [-0.2, -0.15) is 0 Å². The number of carbonyl (C=O) groups excluding carboxylic acids is 1. The fraction of sp³-hybridized carbons (Fsp3) is 0.316. The Labute approximate surface area is 140 Å². The van der Waals surface area contributed by atoms with Crippen LogP contribution in [-0.2, 0) is 12.8 Å². The minimum absolute atomic E-state index is 0.191. The van der Waals surface area contributed by atoms with Gasteiger partial charge in [0.2, 0.25) is 5.75 Å². The number of aryl methyl sites for hydroxylation is 2. The molecule has 0 saturated heterocycles. The van der Waals surface area contributed by atoms with Crippen molar-refractivity contribution in [2.24, 2.45) is 0 Å². The van der Waals surface area contributed by atoms with E-state index >= 15 is 0 Å². The van der Waals surface area contributed by atoms with Gasteiger partial charge in [-0.05, 0) is 54.7 Å². The Morgan fingerprint density at radius 2 is 1.92 bits per heavy atom. The molecule has 4 rings (SSSR count).